The highest BCUT2D eigenvalue weighted by Crippen LogP contribution is 1.98. The van der Waals surface area contributed by atoms with Crippen LogP contribution in [0, 0.1) is 0 Å². The first-order valence-electron chi connectivity index (χ1n) is 4.48. The summed E-state index contributed by atoms with van der Waals surface area (Å²) in [6.45, 7) is 0. The molecule has 10 heteroatoms. The maximum absolute atomic E-state index is 9.90. The lowest BCUT2D eigenvalue weighted by Gasteiger charge is -1.96. The predicted octanol–water partition coefficient (Wildman–Crippen LogP) is -2.39. The molecule has 0 rings (SSSR count). The minimum absolute atomic E-state index is 0.0628. The second-order valence-electron chi connectivity index (χ2n) is 2.73. The van der Waals surface area contributed by atoms with E-state index in [0.717, 1.165) is 0 Å². The third-order valence-corrected chi connectivity index (χ3v) is 1.35. The molecule has 9 N–H and O–H groups in total. The molecule has 0 saturated carbocycles. The number of hydrogen-bond donors (Lipinski definition) is 7. The van der Waals surface area contributed by atoms with Gasteiger partial charge in [-0.15, -0.1) is 0 Å². The minimum atomic E-state index is -1.01. The number of hydrogen-bond acceptors (Lipinski definition) is 7. The summed E-state index contributed by atoms with van der Waals surface area (Å²) in [5, 5.41) is 28.3. The van der Waals surface area contributed by atoms with Crippen molar-refractivity contribution >= 4 is 19.1 Å². The molecule has 0 fully saturated rings. The van der Waals surface area contributed by atoms with Crippen molar-refractivity contribution in [3.05, 3.63) is 0 Å². The summed E-state index contributed by atoms with van der Waals surface area (Å²) in [5.41, 5.74) is 0. The number of hydrazine groups is 2. The predicted molar refractivity (Wildman–Crippen MR) is 56.4 cm³/mol. The Balaban J connectivity index is 0. The van der Waals surface area contributed by atoms with Gasteiger partial charge in [0.1, 0.15) is 0 Å². The van der Waals surface area contributed by atoms with E-state index in [1.54, 1.807) is 0 Å². The molecular formula is C6H17BN4O5. The van der Waals surface area contributed by atoms with E-state index in [4.69, 9.17) is 15.2 Å². The number of carbonyl (C=O) groups is 2. The van der Waals surface area contributed by atoms with Gasteiger partial charge in [0, 0.05) is 12.8 Å². The summed E-state index contributed by atoms with van der Waals surface area (Å²) in [7, 11) is -1.01. The molecule has 9 nitrogen and oxygen atoms in total. The van der Waals surface area contributed by atoms with Crippen LogP contribution in [0.2, 0.25) is 0 Å². The van der Waals surface area contributed by atoms with Crippen molar-refractivity contribution in [2.45, 2.75) is 25.7 Å². The van der Waals surface area contributed by atoms with Crippen molar-refractivity contribution in [1.29, 1.82) is 0 Å². The maximum atomic E-state index is 9.90. The van der Waals surface area contributed by atoms with Crippen molar-refractivity contribution in [1.82, 2.24) is 10.7 Å². The number of carboxylic acid groups (broad SMARTS) is 2. The molecule has 0 aromatic rings. The fourth-order valence-electron chi connectivity index (χ4n) is 0.601. The van der Waals surface area contributed by atoms with Gasteiger partial charge in [-0.2, -0.15) is 0 Å². The first-order valence-corrected chi connectivity index (χ1v) is 4.48. The van der Waals surface area contributed by atoms with E-state index in [1.165, 1.54) is 0 Å². The number of rotatable bonds is 7. The van der Waals surface area contributed by atoms with Crippen LogP contribution in [-0.2, 0) is 9.59 Å². The van der Waals surface area contributed by atoms with Crippen LogP contribution >= 0.6 is 0 Å². The minimum Gasteiger partial charge on any atom is -0.481 e. The molecule has 0 aromatic heterocycles. The first kappa shape index (κ1) is 17.2. The quantitative estimate of drug-likeness (QED) is 0.110. The maximum Gasteiger partial charge on any atom is 0.498 e. The van der Waals surface area contributed by atoms with E-state index in [0.29, 0.717) is 12.8 Å². The zero-order valence-electron chi connectivity index (χ0n) is 8.72. The summed E-state index contributed by atoms with van der Waals surface area (Å²) in [6.07, 6.45) is 1.02. The highest BCUT2D eigenvalue weighted by atomic mass is 16.4. The van der Waals surface area contributed by atoms with Gasteiger partial charge in [-0.3, -0.25) is 31.9 Å². The second-order valence-corrected chi connectivity index (χ2v) is 2.73. The van der Waals surface area contributed by atoms with Gasteiger partial charge in [-0.1, -0.05) is 0 Å². The lowest BCUT2D eigenvalue weighted by molar-refractivity contribution is -0.139. The third kappa shape index (κ3) is 18.6. The fraction of sp³-hybridized carbons (Fsp3) is 0.667. The van der Waals surface area contributed by atoms with Gasteiger partial charge in [-0.05, 0) is 12.8 Å². The van der Waals surface area contributed by atoms with Gasteiger partial charge in [-0.25, -0.2) is 0 Å². The molecule has 0 spiro atoms. The van der Waals surface area contributed by atoms with Crippen LogP contribution < -0.4 is 22.4 Å². The smallest absolute Gasteiger partial charge is 0.481 e. The van der Waals surface area contributed by atoms with Crippen LogP contribution in [0.15, 0.2) is 0 Å². The Morgan fingerprint density at radius 2 is 1.31 bits per heavy atom. The standard InChI is InChI=1S/C6H10O4.BH7N4O/c7-5(8)3-1-2-4-6(9)10;2-4-1(6)5-3/h1-4H2,(H,7,8)(H,9,10);4-6H,2-3H2. The van der Waals surface area contributed by atoms with Gasteiger partial charge in [0.2, 0.25) is 0 Å². The van der Waals surface area contributed by atoms with Gasteiger partial charge >= 0.3 is 19.1 Å². The zero-order chi connectivity index (χ0) is 13.0. The Bertz CT molecular complexity index is 185. The van der Waals surface area contributed by atoms with Crippen LogP contribution in [0.25, 0.3) is 0 Å². The molecule has 0 aliphatic rings. The summed E-state index contributed by atoms with van der Waals surface area (Å²) in [4.78, 5) is 19.8. The van der Waals surface area contributed by atoms with Crippen LogP contribution in [-0.4, -0.2) is 34.4 Å². The van der Waals surface area contributed by atoms with Crippen molar-refractivity contribution in [2.75, 3.05) is 0 Å². The Morgan fingerprint density at radius 1 is 1.00 bits per heavy atom. The van der Waals surface area contributed by atoms with Crippen LogP contribution in [0.4, 0.5) is 0 Å². The van der Waals surface area contributed by atoms with Crippen molar-refractivity contribution in [3.8, 4) is 0 Å². The average molecular weight is 236 g/mol. The summed E-state index contributed by atoms with van der Waals surface area (Å²) < 4.78 is 0. The van der Waals surface area contributed by atoms with Gasteiger partial charge in [0.25, 0.3) is 0 Å². The molecule has 0 saturated heterocycles. The van der Waals surface area contributed by atoms with Crippen molar-refractivity contribution in [2.24, 2.45) is 11.7 Å². The molecule has 0 heterocycles. The largest absolute Gasteiger partial charge is 0.498 e. The van der Waals surface area contributed by atoms with Crippen molar-refractivity contribution < 1.29 is 24.8 Å². The second kappa shape index (κ2) is 11.9. The molecule has 0 atom stereocenters. The highest BCUT2D eigenvalue weighted by molar-refractivity contribution is 6.43. The molecule has 94 valence electrons. The van der Waals surface area contributed by atoms with Gasteiger partial charge < -0.3 is 15.2 Å². The van der Waals surface area contributed by atoms with E-state index in [2.05, 4.69) is 11.7 Å². The molecule has 0 aliphatic heterocycles. The van der Waals surface area contributed by atoms with Crippen LogP contribution in [0.1, 0.15) is 25.7 Å². The lowest BCUT2D eigenvalue weighted by atomic mass is 10.1. The molecule has 0 radical (unpaired) electrons. The SMILES string of the molecule is NNB(O)NN.O=C(O)CCCCC(=O)O. The number of aliphatic carboxylic acids is 2. The van der Waals surface area contributed by atoms with Gasteiger partial charge in [0.15, 0.2) is 0 Å². The van der Waals surface area contributed by atoms with E-state index in [1.807, 2.05) is 10.7 Å². The molecule has 0 bridgehead atoms. The number of carboxylic acids is 2. The zero-order valence-corrected chi connectivity index (χ0v) is 8.72. The van der Waals surface area contributed by atoms with E-state index in [9.17, 15) is 9.59 Å². The molecular weight excluding hydrogens is 219 g/mol. The number of nitrogens with two attached hydrogens (primary N) is 2. The number of nitrogens with one attached hydrogen (secondary N) is 2. The fourth-order valence-corrected chi connectivity index (χ4v) is 0.601. The Kier molecular flexibility index (Phi) is 12.8. The molecule has 0 aromatic carbocycles. The molecule has 0 amide bonds. The summed E-state index contributed by atoms with van der Waals surface area (Å²) in [5.74, 6) is 7.54. The van der Waals surface area contributed by atoms with E-state index < -0.39 is 19.1 Å². The Morgan fingerprint density at radius 3 is 1.44 bits per heavy atom. The Labute approximate surface area is 92.9 Å². The van der Waals surface area contributed by atoms with E-state index >= 15 is 0 Å². The summed E-state index contributed by atoms with van der Waals surface area (Å²) >= 11 is 0. The monoisotopic (exact) mass is 236 g/mol. The van der Waals surface area contributed by atoms with Crippen LogP contribution in [0.5, 0.6) is 0 Å². The average Bonchev–Trinajstić information content (AvgIpc) is 2.23. The van der Waals surface area contributed by atoms with Crippen LogP contribution in [0.3, 0.4) is 0 Å². The first-order chi connectivity index (χ1) is 7.43. The van der Waals surface area contributed by atoms with Crippen molar-refractivity contribution in [3.63, 3.8) is 0 Å². The normalized spacial score (nSPS) is 8.94. The molecule has 0 aliphatic carbocycles. The lowest BCUT2D eigenvalue weighted by Crippen LogP contribution is -2.54. The van der Waals surface area contributed by atoms with E-state index in [-0.39, 0.29) is 12.8 Å². The summed E-state index contributed by atoms with van der Waals surface area (Å²) in [6, 6.07) is 0. The third-order valence-electron chi connectivity index (χ3n) is 1.35. The molecule has 0 unspecified atom stereocenters. The molecule has 16 heavy (non-hydrogen) atoms. The topological polar surface area (TPSA) is 171 Å². The highest BCUT2D eigenvalue weighted by Gasteiger charge is 2.01. The number of unbranched alkanes of at least 4 members (excludes halogenated alkanes) is 1. The van der Waals surface area contributed by atoms with Gasteiger partial charge in [0.05, 0.1) is 0 Å². The Hall–Kier alpha value is -1.20.